The van der Waals surface area contributed by atoms with Gasteiger partial charge in [-0.15, -0.1) is 0 Å². The van der Waals surface area contributed by atoms with Crippen LogP contribution in [-0.2, 0) is 92.1 Å². The summed E-state index contributed by atoms with van der Waals surface area (Å²) in [6.45, 7) is 8.63. The lowest BCUT2D eigenvalue weighted by Crippen LogP contribution is -2.67. The van der Waals surface area contributed by atoms with E-state index in [9.17, 15) is 38.4 Å². The Morgan fingerprint density at radius 1 is 0.603 bits per heavy atom. The molecule has 0 aromatic heterocycles. The fourth-order valence-electron chi connectivity index (χ4n) is 10.1. The Labute approximate surface area is 364 Å². The topological polar surface area (TPSA) is 238 Å². The fourth-order valence-corrected chi connectivity index (χ4v) is 10.1. The first kappa shape index (κ1) is 47.3. The van der Waals surface area contributed by atoms with E-state index in [1.54, 1.807) is 6.07 Å². The number of carbonyl (C=O) groups excluding carboxylic acids is 8. The van der Waals surface area contributed by atoms with Gasteiger partial charge in [-0.3, -0.25) is 38.4 Å². The van der Waals surface area contributed by atoms with E-state index in [4.69, 9.17) is 52.1 Å². The second-order valence-electron chi connectivity index (χ2n) is 17.0. The summed E-state index contributed by atoms with van der Waals surface area (Å²) < 4.78 is 64.1. The summed E-state index contributed by atoms with van der Waals surface area (Å²) in [6, 6.07) is 5.65. The van der Waals surface area contributed by atoms with Gasteiger partial charge in [-0.1, -0.05) is 13.0 Å². The van der Waals surface area contributed by atoms with E-state index in [0.29, 0.717) is 29.8 Å². The van der Waals surface area contributed by atoms with Crippen LogP contribution in [0.5, 0.6) is 5.75 Å². The number of hydrogen-bond donors (Lipinski definition) is 0. The Bertz CT molecular complexity index is 1950. The summed E-state index contributed by atoms with van der Waals surface area (Å²) in [5.74, 6) is -4.14. The lowest BCUT2D eigenvalue weighted by molar-refractivity contribution is -0.354. The lowest BCUT2D eigenvalue weighted by Gasteiger charge is -2.49. The average Bonchev–Trinajstić information content (AvgIpc) is 3.50. The molecular weight excluding hydrogens is 832 g/mol. The molecule has 63 heavy (non-hydrogen) atoms. The zero-order valence-electron chi connectivity index (χ0n) is 36.7. The van der Waals surface area contributed by atoms with Gasteiger partial charge in [0.25, 0.3) is 0 Å². The summed E-state index contributed by atoms with van der Waals surface area (Å²) in [4.78, 5) is 100. The van der Waals surface area contributed by atoms with Crippen LogP contribution < -0.4 is 4.74 Å². The van der Waals surface area contributed by atoms with Gasteiger partial charge in [-0.25, -0.2) is 0 Å². The summed E-state index contributed by atoms with van der Waals surface area (Å²) in [7, 11) is 0. The van der Waals surface area contributed by atoms with Crippen molar-refractivity contribution in [2.75, 3.05) is 13.2 Å². The molecule has 2 saturated heterocycles. The smallest absolute Gasteiger partial charge is 0.303 e. The number of benzene rings is 1. The van der Waals surface area contributed by atoms with Crippen LogP contribution in [0.4, 0.5) is 0 Å². The average molecular weight is 889 g/mol. The van der Waals surface area contributed by atoms with E-state index in [0.717, 1.165) is 86.1 Å². The van der Waals surface area contributed by atoms with Gasteiger partial charge >= 0.3 is 41.8 Å². The van der Waals surface area contributed by atoms with Crippen LogP contribution in [0.25, 0.3) is 0 Å². The number of carbonyl (C=O) groups is 8. The van der Waals surface area contributed by atoms with Crippen molar-refractivity contribution in [3.8, 4) is 5.75 Å². The number of hydrogen-bond acceptors (Lipinski definition) is 19. The zero-order valence-corrected chi connectivity index (χ0v) is 36.7. The largest absolute Gasteiger partial charge is 0.463 e. The van der Waals surface area contributed by atoms with Gasteiger partial charge in [0.1, 0.15) is 43.1 Å². The van der Waals surface area contributed by atoms with E-state index >= 15 is 0 Å². The molecule has 0 unspecified atom stereocenters. The summed E-state index contributed by atoms with van der Waals surface area (Å²) in [5, 5.41) is 0. The molecule has 2 aliphatic heterocycles. The molecule has 6 rings (SSSR count). The maximum Gasteiger partial charge on any atom is 0.303 e. The Balaban J connectivity index is 1.35. The number of esters is 7. The van der Waals surface area contributed by atoms with E-state index < -0.39 is 116 Å². The monoisotopic (exact) mass is 888 g/mol. The van der Waals surface area contributed by atoms with Gasteiger partial charge in [0, 0.05) is 60.3 Å². The number of aryl methyl sites for hydroxylation is 1. The molecule has 19 nitrogen and oxygen atoms in total. The molecule has 4 fully saturated rings. The molecule has 346 valence electrons. The molecule has 1 aromatic carbocycles. The normalized spacial score (nSPS) is 34.4. The predicted octanol–water partition coefficient (Wildman–Crippen LogP) is 3.11. The first-order valence-electron chi connectivity index (χ1n) is 21.2. The van der Waals surface area contributed by atoms with Crippen molar-refractivity contribution >= 4 is 47.6 Å². The Kier molecular flexibility index (Phi) is 14.8. The summed E-state index contributed by atoms with van der Waals surface area (Å²) in [5.41, 5.74) is 1.96. The molecule has 5 aliphatic rings. The van der Waals surface area contributed by atoms with Gasteiger partial charge in [0.05, 0.1) is 0 Å². The van der Waals surface area contributed by atoms with Crippen LogP contribution in [0.15, 0.2) is 18.2 Å². The van der Waals surface area contributed by atoms with E-state index in [1.807, 2.05) is 12.1 Å². The first-order valence-corrected chi connectivity index (χ1v) is 21.2. The first-order chi connectivity index (χ1) is 29.7. The van der Waals surface area contributed by atoms with Crippen molar-refractivity contribution in [2.45, 2.75) is 161 Å². The molecular formula is C44H56O19. The molecule has 3 aliphatic carbocycles. The zero-order chi connectivity index (χ0) is 45.9. The van der Waals surface area contributed by atoms with Crippen molar-refractivity contribution in [3.05, 3.63) is 29.3 Å². The second kappa shape index (κ2) is 19.7. The quantitative estimate of drug-likeness (QED) is 0.204. The number of fused-ring (bicyclic) bond motifs is 5. The molecule has 1 aromatic rings. The highest BCUT2D eigenvalue weighted by Crippen LogP contribution is 2.59. The highest BCUT2D eigenvalue weighted by atomic mass is 16.8. The van der Waals surface area contributed by atoms with E-state index in [2.05, 4.69) is 6.92 Å². The Hall–Kier alpha value is -5.14. The third-order valence-electron chi connectivity index (χ3n) is 12.5. The number of Topliss-reactive ketones (excluding diaryl/α,β-unsaturated/α-hetero) is 1. The lowest BCUT2D eigenvalue weighted by atomic mass is 9.55. The second-order valence-corrected chi connectivity index (χ2v) is 17.0. The van der Waals surface area contributed by atoms with Crippen LogP contribution in [0.1, 0.15) is 105 Å². The van der Waals surface area contributed by atoms with Crippen molar-refractivity contribution in [2.24, 2.45) is 17.3 Å². The third kappa shape index (κ3) is 10.8. The molecule has 0 amide bonds. The minimum atomic E-state index is -1.81. The molecule has 0 bridgehead atoms. The molecule has 14 atom stereocenters. The standard InChI is InChI=1S/C44H56O19/c1-20(45)53-18-33-36(55-22(3)47)38(56-23(4)48)41(59-26(7)51)43(62-33)63-37-34(19-54-21(2)46)61-42(40(58-25(6)50)39(37)57-24(5)49)60-28-10-12-29-27(17-28)9-11-31-30(29)15-16-44(8)32(31)13-14-35(44)52/h10,12,17,30-34,36-43H,9,11,13-16,18-19H2,1-8H3/t30-,31-,32+,33-,34-,36-,37-,38+,39+,40-,41-,42-,43+,44+/m1/s1. The van der Waals surface area contributed by atoms with Gasteiger partial charge < -0.3 is 52.1 Å². The van der Waals surface area contributed by atoms with Crippen LogP contribution in [0.2, 0.25) is 0 Å². The van der Waals surface area contributed by atoms with Crippen molar-refractivity contribution in [3.63, 3.8) is 0 Å². The van der Waals surface area contributed by atoms with E-state index in [1.165, 1.54) is 5.56 Å². The predicted molar refractivity (Wildman–Crippen MR) is 210 cm³/mol. The minimum Gasteiger partial charge on any atom is -0.463 e. The maximum absolute atomic E-state index is 12.9. The third-order valence-corrected chi connectivity index (χ3v) is 12.5. The fraction of sp³-hybridized carbons (Fsp3) is 0.682. The van der Waals surface area contributed by atoms with Crippen LogP contribution in [-0.4, -0.2) is 122 Å². The maximum atomic E-state index is 12.9. The van der Waals surface area contributed by atoms with Crippen molar-refractivity contribution < 1.29 is 90.5 Å². The SMILES string of the molecule is CC(=O)OC[C@H]1O[C@@H](O[C@H]2[C@H](OC(C)=O)[C@@H](OC(C)=O)[C@H](Oc3ccc4c(c3)CC[C@@H]3[C@@H]4CC[C@]4(C)C(=O)CC[C@@H]34)O[C@@H]2COC(C)=O)[C@H](OC(C)=O)[C@@H](OC(C)=O)[C@@H]1OC(C)=O. The molecule has 19 heteroatoms. The summed E-state index contributed by atoms with van der Waals surface area (Å²) in [6.07, 6.45) is -10.9. The highest BCUT2D eigenvalue weighted by molar-refractivity contribution is 5.87. The highest BCUT2D eigenvalue weighted by Gasteiger charge is 2.59. The molecule has 0 spiro atoms. The molecule has 2 saturated carbocycles. The molecule has 2 heterocycles. The number of rotatable bonds is 13. The van der Waals surface area contributed by atoms with Crippen LogP contribution in [0.3, 0.4) is 0 Å². The minimum absolute atomic E-state index is 0.277. The van der Waals surface area contributed by atoms with Gasteiger partial charge in [-0.05, 0) is 73.1 Å². The Morgan fingerprint density at radius 3 is 1.68 bits per heavy atom. The number of ether oxygens (including phenoxy) is 11. The van der Waals surface area contributed by atoms with Gasteiger partial charge in [0.15, 0.2) is 30.7 Å². The summed E-state index contributed by atoms with van der Waals surface area (Å²) >= 11 is 0. The van der Waals surface area contributed by atoms with Crippen molar-refractivity contribution in [1.29, 1.82) is 0 Å². The Morgan fingerprint density at radius 2 is 1.11 bits per heavy atom. The van der Waals surface area contributed by atoms with Crippen LogP contribution >= 0.6 is 0 Å². The van der Waals surface area contributed by atoms with E-state index in [-0.39, 0.29) is 11.3 Å². The molecule has 0 radical (unpaired) electrons. The van der Waals surface area contributed by atoms with Crippen LogP contribution in [0, 0.1) is 17.3 Å². The molecule has 0 N–H and O–H groups in total. The van der Waals surface area contributed by atoms with Gasteiger partial charge in [-0.2, -0.15) is 0 Å². The van der Waals surface area contributed by atoms with Crippen molar-refractivity contribution in [1.82, 2.24) is 0 Å². The number of ketones is 1. The van der Waals surface area contributed by atoms with Gasteiger partial charge in [0.2, 0.25) is 12.4 Å².